The van der Waals surface area contributed by atoms with E-state index in [0.29, 0.717) is 10.9 Å². The van der Waals surface area contributed by atoms with Crippen LogP contribution in [-0.2, 0) is 0 Å². The zero-order valence-corrected chi connectivity index (χ0v) is 12.7. The molecule has 20 heavy (non-hydrogen) atoms. The van der Waals surface area contributed by atoms with Gasteiger partial charge < -0.3 is 10.1 Å². The maximum atomic E-state index is 10.9. The number of nitro groups is 1. The number of halogens is 1. The largest absolute Gasteiger partial charge is 0.487 e. The molecule has 0 aliphatic rings. The average Bonchev–Trinajstić information content (AvgIpc) is 2.43. The first kappa shape index (κ1) is 16.4. The molecular formula is C13H16BrN3O3. The molecule has 0 amide bonds. The number of ether oxygens (including phenoxy) is 1. The summed E-state index contributed by atoms with van der Waals surface area (Å²) in [5, 5.41) is 22.9. The second-order valence-electron chi connectivity index (χ2n) is 4.14. The normalized spacial score (nSPS) is 11.7. The van der Waals surface area contributed by atoms with Gasteiger partial charge in [-0.3, -0.25) is 10.1 Å². The molecule has 0 aliphatic heterocycles. The minimum absolute atomic E-state index is 0.0885. The maximum Gasteiger partial charge on any atom is 0.312 e. The van der Waals surface area contributed by atoms with Crippen molar-refractivity contribution in [2.45, 2.75) is 25.8 Å². The first-order chi connectivity index (χ1) is 9.58. The summed E-state index contributed by atoms with van der Waals surface area (Å²) in [5.74, 6) is 0.213. The molecule has 6 nitrogen and oxygen atoms in total. The minimum Gasteiger partial charge on any atom is -0.487 e. The zero-order chi connectivity index (χ0) is 15.0. The molecule has 0 radical (unpaired) electrons. The molecule has 7 heteroatoms. The SMILES string of the molecule is CCCNC(C#N)CCOc1ccc(Br)cc1[N+](=O)[O-]. The van der Waals surface area contributed by atoms with E-state index in [1.165, 1.54) is 6.07 Å². The molecule has 1 aromatic rings. The van der Waals surface area contributed by atoms with E-state index < -0.39 is 4.92 Å². The third-order valence-corrected chi connectivity index (χ3v) is 3.07. The van der Waals surface area contributed by atoms with Gasteiger partial charge >= 0.3 is 5.69 Å². The molecule has 0 aliphatic carbocycles. The van der Waals surface area contributed by atoms with Crippen molar-refractivity contribution in [1.82, 2.24) is 5.32 Å². The van der Waals surface area contributed by atoms with Crippen molar-refractivity contribution in [3.63, 3.8) is 0 Å². The van der Waals surface area contributed by atoms with Gasteiger partial charge in [0.15, 0.2) is 5.75 Å². The van der Waals surface area contributed by atoms with Crippen LogP contribution in [-0.4, -0.2) is 24.1 Å². The molecule has 1 rings (SSSR count). The lowest BCUT2D eigenvalue weighted by Gasteiger charge is -2.11. The van der Waals surface area contributed by atoms with Gasteiger partial charge in [-0.2, -0.15) is 5.26 Å². The Hall–Kier alpha value is -1.65. The summed E-state index contributed by atoms with van der Waals surface area (Å²) < 4.78 is 6.03. The first-order valence-electron chi connectivity index (χ1n) is 6.28. The average molecular weight is 342 g/mol. The lowest BCUT2D eigenvalue weighted by molar-refractivity contribution is -0.385. The Labute approximate surface area is 126 Å². The molecule has 0 heterocycles. The Morgan fingerprint density at radius 3 is 2.95 bits per heavy atom. The third-order valence-electron chi connectivity index (χ3n) is 2.58. The van der Waals surface area contributed by atoms with Gasteiger partial charge in [0.25, 0.3) is 0 Å². The van der Waals surface area contributed by atoms with Gasteiger partial charge in [0.1, 0.15) is 0 Å². The van der Waals surface area contributed by atoms with Crippen LogP contribution in [0.3, 0.4) is 0 Å². The van der Waals surface area contributed by atoms with Crippen molar-refractivity contribution < 1.29 is 9.66 Å². The minimum atomic E-state index is -0.489. The lowest BCUT2D eigenvalue weighted by Crippen LogP contribution is -2.29. The van der Waals surface area contributed by atoms with Gasteiger partial charge in [0, 0.05) is 17.0 Å². The fourth-order valence-corrected chi connectivity index (χ4v) is 1.92. The molecule has 0 fully saturated rings. The summed E-state index contributed by atoms with van der Waals surface area (Å²) >= 11 is 3.18. The summed E-state index contributed by atoms with van der Waals surface area (Å²) in [6, 6.07) is 6.46. The van der Waals surface area contributed by atoms with Crippen LogP contribution in [0.2, 0.25) is 0 Å². The highest BCUT2D eigenvalue weighted by molar-refractivity contribution is 9.10. The molecule has 0 aromatic heterocycles. The molecule has 0 spiro atoms. The zero-order valence-electron chi connectivity index (χ0n) is 11.1. The molecule has 0 bridgehead atoms. The molecule has 1 unspecified atom stereocenters. The molecule has 1 atom stereocenters. The number of benzene rings is 1. The van der Waals surface area contributed by atoms with E-state index in [-0.39, 0.29) is 24.1 Å². The van der Waals surface area contributed by atoms with Crippen molar-refractivity contribution in [3.8, 4) is 11.8 Å². The van der Waals surface area contributed by atoms with Crippen molar-refractivity contribution in [3.05, 3.63) is 32.8 Å². The monoisotopic (exact) mass is 341 g/mol. The second kappa shape index (κ2) is 8.51. The number of nitro benzene ring substituents is 1. The highest BCUT2D eigenvalue weighted by Crippen LogP contribution is 2.30. The smallest absolute Gasteiger partial charge is 0.312 e. The standard InChI is InChI=1S/C13H16BrN3O3/c1-2-6-16-11(9-15)5-7-20-13-4-3-10(14)8-12(13)17(18)19/h3-4,8,11,16H,2,5-7H2,1H3. The van der Waals surface area contributed by atoms with Crippen LogP contribution in [0.5, 0.6) is 5.75 Å². The number of nitrogens with one attached hydrogen (secondary N) is 1. The molecule has 0 saturated heterocycles. The lowest BCUT2D eigenvalue weighted by atomic mass is 10.2. The van der Waals surface area contributed by atoms with Gasteiger partial charge in [-0.15, -0.1) is 0 Å². The number of hydrogen-bond acceptors (Lipinski definition) is 5. The van der Waals surface area contributed by atoms with Crippen molar-refractivity contribution in [2.24, 2.45) is 0 Å². The van der Waals surface area contributed by atoms with Crippen molar-refractivity contribution >= 4 is 21.6 Å². The van der Waals surface area contributed by atoms with Gasteiger partial charge in [-0.05, 0) is 25.1 Å². The van der Waals surface area contributed by atoms with Crippen LogP contribution in [0.4, 0.5) is 5.69 Å². The fraction of sp³-hybridized carbons (Fsp3) is 0.462. The van der Waals surface area contributed by atoms with E-state index in [2.05, 4.69) is 27.3 Å². The Balaban J connectivity index is 2.57. The first-order valence-corrected chi connectivity index (χ1v) is 7.07. The highest BCUT2D eigenvalue weighted by atomic mass is 79.9. The summed E-state index contributed by atoms with van der Waals surface area (Å²) in [5.41, 5.74) is -0.0885. The summed E-state index contributed by atoms with van der Waals surface area (Å²) in [4.78, 5) is 10.4. The molecule has 1 N–H and O–H groups in total. The predicted molar refractivity (Wildman–Crippen MR) is 78.6 cm³/mol. The Morgan fingerprint density at radius 1 is 1.60 bits per heavy atom. The van der Waals surface area contributed by atoms with Crippen LogP contribution in [0.25, 0.3) is 0 Å². The quantitative estimate of drug-likeness (QED) is 0.579. The van der Waals surface area contributed by atoms with Gasteiger partial charge in [0.2, 0.25) is 0 Å². The van der Waals surface area contributed by atoms with E-state index in [0.717, 1.165) is 13.0 Å². The fourth-order valence-electron chi connectivity index (χ4n) is 1.57. The van der Waals surface area contributed by atoms with E-state index in [9.17, 15) is 10.1 Å². The number of nitrogens with zero attached hydrogens (tertiary/aromatic N) is 2. The van der Waals surface area contributed by atoms with Crippen LogP contribution in [0.1, 0.15) is 19.8 Å². The van der Waals surface area contributed by atoms with Crippen LogP contribution in [0.15, 0.2) is 22.7 Å². The molecule has 108 valence electrons. The van der Waals surface area contributed by atoms with E-state index in [1.807, 2.05) is 6.92 Å². The van der Waals surface area contributed by atoms with Crippen LogP contribution in [0, 0.1) is 21.4 Å². The topological polar surface area (TPSA) is 88.2 Å². The van der Waals surface area contributed by atoms with Crippen LogP contribution >= 0.6 is 15.9 Å². The van der Waals surface area contributed by atoms with Crippen molar-refractivity contribution in [2.75, 3.05) is 13.2 Å². The van der Waals surface area contributed by atoms with Gasteiger partial charge in [-0.25, -0.2) is 0 Å². The van der Waals surface area contributed by atoms with E-state index >= 15 is 0 Å². The third kappa shape index (κ3) is 5.15. The van der Waals surface area contributed by atoms with Gasteiger partial charge in [0.05, 0.1) is 23.6 Å². The van der Waals surface area contributed by atoms with Gasteiger partial charge in [-0.1, -0.05) is 22.9 Å². The Morgan fingerprint density at radius 2 is 2.35 bits per heavy atom. The maximum absolute atomic E-state index is 10.9. The Kier molecular flexibility index (Phi) is 6.98. The second-order valence-corrected chi connectivity index (χ2v) is 5.06. The predicted octanol–water partition coefficient (Wildman–Crippen LogP) is 3.02. The van der Waals surface area contributed by atoms with Crippen molar-refractivity contribution in [1.29, 1.82) is 5.26 Å². The van der Waals surface area contributed by atoms with Crippen LogP contribution < -0.4 is 10.1 Å². The van der Waals surface area contributed by atoms with E-state index in [1.54, 1.807) is 12.1 Å². The molecular weight excluding hydrogens is 326 g/mol. The Bertz CT molecular complexity index is 502. The number of rotatable bonds is 8. The number of nitriles is 1. The highest BCUT2D eigenvalue weighted by Gasteiger charge is 2.16. The molecule has 1 aromatic carbocycles. The summed E-state index contributed by atoms with van der Waals surface area (Å²) in [6.07, 6.45) is 1.42. The summed E-state index contributed by atoms with van der Waals surface area (Å²) in [6.45, 7) is 3.02. The summed E-state index contributed by atoms with van der Waals surface area (Å²) in [7, 11) is 0. The number of hydrogen-bond donors (Lipinski definition) is 1. The van der Waals surface area contributed by atoms with E-state index in [4.69, 9.17) is 10.00 Å². The molecule has 0 saturated carbocycles.